The largest absolute Gasteiger partial charge is 0.412 e. The zero-order chi connectivity index (χ0) is 18.2. The predicted molar refractivity (Wildman–Crippen MR) is 85.2 cm³/mol. The van der Waals surface area contributed by atoms with Gasteiger partial charge in [-0.05, 0) is 25.8 Å². The lowest BCUT2D eigenvalue weighted by Crippen LogP contribution is -2.38. The van der Waals surface area contributed by atoms with Gasteiger partial charge in [-0.25, -0.2) is 0 Å². The summed E-state index contributed by atoms with van der Waals surface area (Å²) in [6.45, 7) is 4.85. The minimum Gasteiger partial charge on any atom is -0.343 e. The molecule has 1 aromatic rings. The number of alkyl halides is 3. The molecule has 0 fully saturated rings. The van der Waals surface area contributed by atoms with Crippen LogP contribution in [-0.2, 0) is 9.59 Å². The maximum atomic E-state index is 13.1. The van der Waals surface area contributed by atoms with Gasteiger partial charge in [0.05, 0.1) is 0 Å². The van der Waals surface area contributed by atoms with E-state index in [9.17, 15) is 22.8 Å². The molecule has 0 saturated carbocycles. The maximum Gasteiger partial charge on any atom is 0.412 e. The third-order valence-electron chi connectivity index (χ3n) is 3.68. The molecule has 4 nitrogen and oxygen atoms in total. The highest BCUT2D eigenvalue weighted by molar-refractivity contribution is 5.79. The second-order valence-corrected chi connectivity index (χ2v) is 5.37. The fourth-order valence-electron chi connectivity index (χ4n) is 2.37. The smallest absolute Gasteiger partial charge is 0.343 e. The molecule has 0 aliphatic rings. The SMILES string of the molecule is CCN(CC)C(=O)CCCC(=O)NC(c1ccccc1)C(F)(F)F. The quantitative estimate of drug-likeness (QED) is 0.785. The van der Waals surface area contributed by atoms with Crippen molar-refractivity contribution in [2.45, 2.75) is 45.3 Å². The highest BCUT2D eigenvalue weighted by atomic mass is 19.4. The van der Waals surface area contributed by atoms with Gasteiger partial charge in [0.25, 0.3) is 0 Å². The second-order valence-electron chi connectivity index (χ2n) is 5.37. The summed E-state index contributed by atoms with van der Waals surface area (Å²) in [6.07, 6.45) is -4.32. The Hall–Kier alpha value is -2.05. The summed E-state index contributed by atoms with van der Waals surface area (Å²) in [5.74, 6) is -0.809. The first-order chi connectivity index (χ1) is 11.3. The monoisotopic (exact) mass is 344 g/mol. The highest BCUT2D eigenvalue weighted by Crippen LogP contribution is 2.32. The number of carbonyl (C=O) groups is 2. The third kappa shape index (κ3) is 6.22. The van der Waals surface area contributed by atoms with E-state index in [-0.39, 0.29) is 30.7 Å². The Morgan fingerprint density at radius 3 is 2.17 bits per heavy atom. The van der Waals surface area contributed by atoms with Crippen molar-refractivity contribution in [3.63, 3.8) is 0 Å². The molecule has 0 bridgehead atoms. The molecule has 1 unspecified atom stereocenters. The molecule has 24 heavy (non-hydrogen) atoms. The van der Waals surface area contributed by atoms with Gasteiger partial charge in [0.1, 0.15) is 0 Å². The summed E-state index contributed by atoms with van der Waals surface area (Å²) in [4.78, 5) is 25.3. The van der Waals surface area contributed by atoms with Gasteiger partial charge in [-0.3, -0.25) is 9.59 Å². The highest BCUT2D eigenvalue weighted by Gasteiger charge is 2.41. The Balaban J connectivity index is 2.57. The molecule has 1 aromatic carbocycles. The van der Waals surface area contributed by atoms with Crippen molar-refractivity contribution < 1.29 is 22.8 Å². The van der Waals surface area contributed by atoms with Crippen molar-refractivity contribution in [3.05, 3.63) is 35.9 Å². The lowest BCUT2D eigenvalue weighted by Gasteiger charge is -2.22. The predicted octanol–water partition coefficient (Wildman–Crippen LogP) is 3.44. The first-order valence-corrected chi connectivity index (χ1v) is 7.98. The van der Waals surface area contributed by atoms with Crippen LogP contribution in [0, 0.1) is 0 Å². The van der Waals surface area contributed by atoms with E-state index >= 15 is 0 Å². The van der Waals surface area contributed by atoms with E-state index in [2.05, 4.69) is 0 Å². The molecule has 0 aromatic heterocycles. The zero-order valence-electron chi connectivity index (χ0n) is 13.9. The van der Waals surface area contributed by atoms with Crippen LogP contribution in [0.2, 0.25) is 0 Å². The number of halogens is 3. The van der Waals surface area contributed by atoms with Crippen LogP contribution >= 0.6 is 0 Å². The first kappa shape index (κ1) is 20.0. The van der Waals surface area contributed by atoms with Crippen molar-refractivity contribution in [3.8, 4) is 0 Å². The van der Waals surface area contributed by atoms with Crippen molar-refractivity contribution >= 4 is 11.8 Å². The van der Waals surface area contributed by atoms with E-state index in [1.165, 1.54) is 24.3 Å². The van der Waals surface area contributed by atoms with Gasteiger partial charge in [-0.15, -0.1) is 0 Å². The number of rotatable bonds is 8. The van der Waals surface area contributed by atoms with Crippen LogP contribution in [0.5, 0.6) is 0 Å². The Morgan fingerprint density at radius 2 is 1.67 bits per heavy atom. The molecule has 0 aliphatic carbocycles. The van der Waals surface area contributed by atoms with Crippen molar-refractivity contribution in [2.24, 2.45) is 0 Å². The van der Waals surface area contributed by atoms with Crippen LogP contribution in [0.4, 0.5) is 13.2 Å². The van der Waals surface area contributed by atoms with E-state index in [4.69, 9.17) is 0 Å². The fraction of sp³-hybridized carbons (Fsp3) is 0.529. The van der Waals surface area contributed by atoms with Gasteiger partial charge in [0, 0.05) is 25.9 Å². The number of carbonyl (C=O) groups excluding carboxylic acids is 2. The molecule has 134 valence electrons. The lowest BCUT2D eigenvalue weighted by atomic mass is 10.1. The van der Waals surface area contributed by atoms with Crippen LogP contribution in [0.25, 0.3) is 0 Å². The lowest BCUT2D eigenvalue weighted by molar-refractivity contribution is -0.163. The van der Waals surface area contributed by atoms with Gasteiger partial charge in [-0.2, -0.15) is 13.2 Å². The Bertz CT molecular complexity index is 528. The van der Waals surface area contributed by atoms with Crippen molar-refractivity contribution in [1.82, 2.24) is 10.2 Å². The van der Waals surface area contributed by atoms with Crippen LogP contribution in [0.1, 0.15) is 44.7 Å². The molecule has 2 amide bonds. The van der Waals surface area contributed by atoms with E-state index in [1.54, 1.807) is 11.0 Å². The maximum absolute atomic E-state index is 13.1. The molecule has 1 N–H and O–H groups in total. The molecule has 1 rings (SSSR count). The average Bonchev–Trinajstić information content (AvgIpc) is 2.53. The zero-order valence-corrected chi connectivity index (χ0v) is 13.9. The van der Waals surface area contributed by atoms with Gasteiger partial charge < -0.3 is 10.2 Å². The average molecular weight is 344 g/mol. The Morgan fingerprint density at radius 1 is 1.08 bits per heavy atom. The van der Waals surface area contributed by atoms with Crippen molar-refractivity contribution in [2.75, 3.05) is 13.1 Å². The van der Waals surface area contributed by atoms with Gasteiger partial charge in [-0.1, -0.05) is 30.3 Å². The standard InChI is InChI=1S/C17H23F3N2O2/c1-3-22(4-2)15(24)12-8-11-14(23)21-16(17(18,19)20)13-9-6-5-7-10-13/h5-7,9-10,16H,3-4,8,11-12H2,1-2H3,(H,21,23). The topological polar surface area (TPSA) is 49.4 Å². The molecule has 1 atom stereocenters. The summed E-state index contributed by atoms with van der Waals surface area (Å²) in [7, 11) is 0. The summed E-state index contributed by atoms with van der Waals surface area (Å²) in [5.41, 5.74) is -0.0161. The van der Waals surface area contributed by atoms with Crippen LogP contribution in [-0.4, -0.2) is 36.0 Å². The van der Waals surface area contributed by atoms with Gasteiger partial charge in [0.2, 0.25) is 11.8 Å². The Kier molecular flexibility index (Phi) is 7.74. The minimum absolute atomic E-state index is 0.0161. The summed E-state index contributed by atoms with van der Waals surface area (Å²) in [5, 5.41) is 2.02. The number of hydrogen-bond acceptors (Lipinski definition) is 2. The molecule has 7 heteroatoms. The second kappa shape index (κ2) is 9.30. The van der Waals surface area contributed by atoms with E-state index in [0.29, 0.717) is 13.1 Å². The number of nitrogens with one attached hydrogen (secondary N) is 1. The molecular formula is C17H23F3N2O2. The van der Waals surface area contributed by atoms with E-state index in [0.717, 1.165) is 0 Å². The number of amides is 2. The normalized spacial score (nSPS) is 12.5. The van der Waals surface area contributed by atoms with Crippen LogP contribution in [0.15, 0.2) is 30.3 Å². The molecule has 0 spiro atoms. The van der Waals surface area contributed by atoms with E-state index in [1.807, 2.05) is 19.2 Å². The first-order valence-electron chi connectivity index (χ1n) is 7.98. The summed E-state index contributed by atoms with van der Waals surface area (Å²) >= 11 is 0. The molecule has 0 heterocycles. The third-order valence-corrected chi connectivity index (χ3v) is 3.68. The van der Waals surface area contributed by atoms with Crippen LogP contribution in [0.3, 0.4) is 0 Å². The summed E-state index contributed by atoms with van der Waals surface area (Å²) < 4.78 is 39.4. The number of benzene rings is 1. The molecule has 0 saturated heterocycles. The molecular weight excluding hydrogens is 321 g/mol. The van der Waals surface area contributed by atoms with Gasteiger partial charge >= 0.3 is 6.18 Å². The number of nitrogens with zero attached hydrogens (tertiary/aromatic N) is 1. The van der Waals surface area contributed by atoms with Crippen molar-refractivity contribution in [1.29, 1.82) is 0 Å². The summed E-state index contributed by atoms with van der Waals surface area (Å²) in [6, 6.07) is 5.19. The van der Waals surface area contributed by atoms with E-state index < -0.39 is 18.1 Å². The minimum atomic E-state index is -4.58. The van der Waals surface area contributed by atoms with Gasteiger partial charge in [0.15, 0.2) is 6.04 Å². The molecule has 0 radical (unpaired) electrons. The van der Waals surface area contributed by atoms with Crippen LogP contribution < -0.4 is 5.32 Å². The Labute approximate surface area is 140 Å². The number of hydrogen-bond donors (Lipinski definition) is 1. The molecule has 0 aliphatic heterocycles. The fourth-order valence-corrected chi connectivity index (χ4v) is 2.37.